The summed E-state index contributed by atoms with van der Waals surface area (Å²) in [6.07, 6.45) is -0.920. The van der Waals surface area contributed by atoms with Crippen molar-refractivity contribution in [1.29, 1.82) is 0 Å². The fourth-order valence-electron chi connectivity index (χ4n) is 3.04. The molecule has 5 nitrogen and oxygen atoms in total. The number of hydrogen-bond acceptors (Lipinski definition) is 3. The Balaban J connectivity index is 0.00000338. The highest BCUT2D eigenvalue weighted by Crippen LogP contribution is 2.37. The van der Waals surface area contributed by atoms with Crippen molar-refractivity contribution in [3.63, 3.8) is 0 Å². The number of nitrogens with zero attached hydrogens (tertiary/aromatic N) is 1. The van der Waals surface area contributed by atoms with E-state index in [-0.39, 0.29) is 56.0 Å². The van der Waals surface area contributed by atoms with Crippen LogP contribution in [-0.2, 0) is 4.74 Å². The van der Waals surface area contributed by atoms with Crippen molar-refractivity contribution in [1.82, 2.24) is 10.6 Å². The number of aliphatic hydroxyl groups is 1. The molecule has 0 aliphatic heterocycles. The summed E-state index contributed by atoms with van der Waals surface area (Å²) in [5.74, 6) is -0.151. The highest BCUT2D eigenvalue weighted by atomic mass is 127. The number of guanidine groups is 1. The van der Waals surface area contributed by atoms with Gasteiger partial charge in [-0.15, -0.1) is 24.0 Å². The predicted molar refractivity (Wildman–Crippen MR) is 106 cm³/mol. The van der Waals surface area contributed by atoms with Gasteiger partial charge in [0.2, 0.25) is 0 Å². The van der Waals surface area contributed by atoms with Crippen molar-refractivity contribution >= 4 is 29.9 Å². The first-order valence-corrected chi connectivity index (χ1v) is 9.25. The lowest BCUT2D eigenvalue weighted by molar-refractivity contribution is -0.183. The number of aliphatic hydroxyl groups excluding tert-OH is 1. The number of nitrogens with one attached hydrogen (secondary N) is 2. The smallest absolute Gasteiger partial charge is 0.389 e. The minimum atomic E-state index is -4.13. The maximum absolute atomic E-state index is 12.9. The van der Waals surface area contributed by atoms with Gasteiger partial charge in [0.15, 0.2) is 5.96 Å². The van der Waals surface area contributed by atoms with E-state index in [4.69, 9.17) is 4.74 Å². The number of rotatable bonds is 8. The van der Waals surface area contributed by atoms with Gasteiger partial charge in [-0.2, -0.15) is 13.2 Å². The Hall–Kier alpha value is -0.290. The van der Waals surface area contributed by atoms with Crippen LogP contribution in [0.1, 0.15) is 45.4 Å². The van der Waals surface area contributed by atoms with Gasteiger partial charge in [0.1, 0.15) is 0 Å². The van der Waals surface area contributed by atoms with Gasteiger partial charge in [-0.05, 0) is 44.9 Å². The van der Waals surface area contributed by atoms with Gasteiger partial charge in [0, 0.05) is 19.2 Å². The van der Waals surface area contributed by atoms with Crippen molar-refractivity contribution in [2.75, 3.05) is 26.3 Å². The van der Waals surface area contributed by atoms with Gasteiger partial charge in [0.05, 0.1) is 25.2 Å². The van der Waals surface area contributed by atoms with Gasteiger partial charge in [-0.1, -0.05) is 6.42 Å². The summed E-state index contributed by atoms with van der Waals surface area (Å²) in [5, 5.41) is 16.0. The van der Waals surface area contributed by atoms with E-state index in [1.165, 1.54) is 12.8 Å². The molecule has 0 aromatic carbocycles. The molecule has 0 aromatic rings. The number of hydrogen-bond donors (Lipinski definition) is 3. The second-order valence-electron chi connectivity index (χ2n) is 7.10. The zero-order valence-corrected chi connectivity index (χ0v) is 17.6. The minimum Gasteiger partial charge on any atom is -0.389 e. The molecular formula is C17H31F3IN3O2. The summed E-state index contributed by atoms with van der Waals surface area (Å²) in [7, 11) is 0. The number of halogens is 4. The predicted octanol–water partition coefficient (Wildman–Crippen LogP) is 3.07. The molecule has 3 unspecified atom stereocenters. The normalized spacial score (nSPS) is 25.3. The van der Waals surface area contributed by atoms with Crippen LogP contribution in [0.3, 0.4) is 0 Å². The monoisotopic (exact) mass is 493 g/mol. The maximum atomic E-state index is 12.9. The standard InChI is InChI=1S/C17H30F3N3O2.HI/c1-2-21-16(22-9-15(24)11-25-10-12-6-7-12)23-14-5-3-4-13(8-14)17(18,19)20;/h12-15,24H,2-11H2,1H3,(H2,21,22,23);1H. The molecule has 2 aliphatic carbocycles. The van der Waals surface area contributed by atoms with E-state index < -0.39 is 18.2 Å². The topological polar surface area (TPSA) is 65.9 Å². The molecule has 3 N–H and O–H groups in total. The van der Waals surface area contributed by atoms with Gasteiger partial charge >= 0.3 is 6.18 Å². The van der Waals surface area contributed by atoms with Crippen LogP contribution in [0.4, 0.5) is 13.2 Å². The Morgan fingerprint density at radius 1 is 1.27 bits per heavy atom. The maximum Gasteiger partial charge on any atom is 0.391 e. The fourth-order valence-corrected chi connectivity index (χ4v) is 3.04. The molecule has 0 spiro atoms. The average molecular weight is 493 g/mol. The van der Waals surface area contributed by atoms with Crippen molar-refractivity contribution in [2.45, 2.75) is 63.8 Å². The van der Waals surface area contributed by atoms with Gasteiger partial charge in [0.25, 0.3) is 0 Å². The highest BCUT2D eigenvalue weighted by molar-refractivity contribution is 14.0. The van der Waals surface area contributed by atoms with Crippen molar-refractivity contribution < 1.29 is 23.0 Å². The average Bonchev–Trinajstić information content (AvgIpc) is 3.37. The summed E-state index contributed by atoms with van der Waals surface area (Å²) >= 11 is 0. The Kier molecular flexibility index (Phi) is 10.5. The molecule has 26 heavy (non-hydrogen) atoms. The molecule has 0 heterocycles. The van der Waals surface area contributed by atoms with Crippen LogP contribution in [0.5, 0.6) is 0 Å². The quantitative estimate of drug-likeness (QED) is 0.276. The molecule has 0 bridgehead atoms. The second kappa shape index (κ2) is 11.5. The summed E-state index contributed by atoms with van der Waals surface area (Å²) in [4.78, 5) is 4.29. The van der Waals surface area contributed by atoms with E-state index in [1.807, 2.05) is 6.92 Å². The molecule has 2 saturated carbocycles. The summed E-state index contributed by atoms with van der Waals surface area (Å²) in [6.45, 7) is 3.58. The van der Waals surface area contributed by atoms with Crippen molar-refractivity contribution in [2.24, 2.45) is 16.8 Å². The van der Waals surface area contributed by atoms with E-state index in [2.05, 4.69) is 15.6 Å². The molecule has 2 fully saturated rings. The lowest BCUT2D eigenvalue weighted by Gasteiger charge is -2.32. The molecule has 154 valence electrons. The first kappa shape index (κ1) is 23.7. The molecule has 0 amide bonds. The van der Waals surface area contributed by atoms with Crippen LogP contribution < -0.4 is 10.6 Å². The van der Waals surface area contributed by atoms with Gasteiger partial charge < -0.3 is 20.5 Å². The summed E-state index contributed by atoms with van der Waals surface area (Å²) < 4.78 is 44.2. The Labute approximate surface area is 170 Å². The molecular weight excluding hydrogens is 462 g/mol. The summed E-state index contributed by atoms with van der Waals surface area (Å²) in [6, 6.07) is -0.249. The highest BCUT2D eigenvalue weighted by Gasteiger charge is 2.42. The Bertz CT molecular complexity index is 434. The molecule has 2 aliphatic rings. The largest absolute Gasteiger partial charge is 0.391 e. The van der Waals surface area contributed by atoms with E-state index in [9.17, 15) is 18.3 Å². The molecule has 3 atom stereocenters. The molecule has 0 aromatic heterocycles. The second-order valence-corrected chi connectivity index (χ2v) is 7.10. The Morgan fingerprint density at radius 3 is 2.62 bits per heavy atom. The van der Waals surface area contributed by atoms with Crippen LogP contribution >= 0.6 is 24.0 Å². The number of ether oxygens (including phenoxy) is 1. The molecule has 2 rings (SSSR count). The third-order valence-electron chi connectivity index (χ3n) is 4.64. The first-order chi connectivity index (χ1) is 11.9. The zero-order valence-electron chi connectivity index (χ0n) is 15.2. The van der Waals surface area contributed by atoms with E-state index in [0.717, 1.165) is 0 Å². The SMILES string of the molecule is CCNC(=NCC(O)COCC1CC1)NC1CCCC(C(F)(F)F)C1.I. The third-order valence-corrected chi connectivity index (χ3v) is 4.64. The van der Waals surface area contributed by atoms with Crippen molar-refractivity contribution in [3.05, 3.63) is 0 Å². The van der Waals surface area contributed by atoms with Crippen LogP contribution in [0.15, 0.2) is 4.99 Å². The van der Waals surface area contributed by atoms with Gasteiger partial charge in [-0.3, -0.25) is 4.99 Å². The van der Waals surface area contributed by atoms with E-state index in [1.54, 1.807) is 0 Å². The lowest BCUT2D eigenvalue weighted by Crippen LogP contribution is -2.47. The number of aliphatic imine (C=N–C) groups is 1. The molecule has 9 heteroatoms. The van der Waals surface area contributed by atoms with Crippen LogP contribution in [0, 0.1) is 11.8 Å². The zero-order chi connectivity index (χ0) is 18.3. The van der Waals surface area contributed by atoms with E-state index in [0.29, 0.717) is 37.9 Å². The van der Waals surface area contributed by atoms with E-state index >= 15 is 0 Å². The minimum absolute atomic E-state index is 0. The Morgan fingerprint density at radius 2 is 2.00 bits per heavy atom. The van der Waals surface area contributed by atoms with Crippen LogP contribution in [0.25, 0.3) is 0 Å². The third kappa shape index (κ3) is 9.07. The molecule has 0 radical (unpaired) electrons. The van der Waals surface area contributed by atoms with Crippen molar-refractivity contribution in [3.8, 4) is 0 Å². The first-order valence-electron chi connectivity index (χ1n) is 9.25. The van der Waals surface area contributed by atoms with Crippen LogP contribution in [-0.4, -0.2) is 55.7 Å². The van der Waals surface area contributed by atoms with Gasteiger partial charge in [-0.25, -0.2) is 0 Å². The fraction of sp³-hybridized carbons (Fsp3) is 0.941. The van der Waals surface area contributed by atoms with Crippen LogP contribution in [0.2, 0.25) is 0 Å². The number of alkyl halides is 3. The summed E-state index contributed by atoms with van der Waals surface area (Å²) in [5.41, 5.74) is 0. The molecule has 0 saturated heterocycles. The lowest BCUT2D eigenvalue weighted by atomic mass is 9.85.